The second-order valence-electron chi connectivity index (χ2n) is 7.28. The van der Waals surface area contributed by atoms with Gasteiger partial charge in [0.25, 0.3) is 10.0 Å². The molecule has 0 radical (unpaired) electrons. The summed E-state index contributed by atoms with van der Waals surface area (Å²) >= 11 is 7.20. The van der Waals surface area contributed by atoms with E-state index in [0.717, 1.165) is 23.5 Å². The van der Waals surface area contributed by atoms with Crippen molar-refractivity contribution in [3.8, 4) is 11.5 Å². The molecule has 1 N–H and O–H groups in total. The van der Waals surface area contributed by atoms with E-state index in [1.807, 2.05) is 6.92 Å². The minimum atomic E-state index is -4.52. The Balaban J connectivity index is 1.63. The summed E-state index contributed by atoms with van der Waals surface area (Å²) in [5.74, 6) is 0.419. The quantitative estimate of drug-likeness (QED) is 0.414. The van der Waals surface area contributed by atoms with E-state index in [1.54, 1.807) is 11.4 Å². The van der Waals surface area contributed by atoms with Gasteiger partial charge in [-0.25, -0.2) is 13.4 Å². The van der Waals surface area contributed by atoms with E-state index < -0.39 is 27.9 Å². The minimum Gasteiger partial charge on any atom is -0.490 e. The molecule has 2 atom stereocenters. The van der Waals surface area contributed by atoms with E-state index in [9.17, 15) is 21.6 Å². The van der Waals surface area contributed by atoms with E-state index in [4.69, 9.17) is 21.1 Å². The fourth-order valence-electron chi connectivity index (χ4n) is 3.38. The van der Waals surface area contributed by atoms with Gasteiger partial charge >= 0.3 is 6.18 Å². The van der Waals surface area contributed by atoms with Crippen LogP contribution in [0.15, 0.2) is 52.9 Å². The number of anilines is 1. The van der Waals surface area contributed by atoms with Crippen LogP contribution in [0, 0.1) is 0 Å². The lowest BCUT2D eigenvalue weighted by Crippen LogP contribution is -2.28. The number of ether oxygens (including phenoxy) is 2. The maximum Gasteiger partial charge on any atom is 0.416 e. The Morgan fingerprint density at radius 1 is 1.27 bits per heavy atom. The molecule has 1 aromatic heterocycles. The summed E-state index contributed by atoms with van der Waals surface area (Å²) in [4.78, 5) is 3.91. The number of thiazole rings is 1. The number of aromatic nitrogens is 1. The summed E-state index contributed by atoms with van der Waals surface area (Å²) in [5.41, 5.74) is -0.301. The van der Waals surface area contributed by atoms with Gasteiger partial charge in [0.05, 0.1) is 15.5 Å². The van der Waals surface area contributed by atoms with Crippen molar-refractivity contribution < 1.29 is 31.1 Å². The molecule has 0 bridgehead atoms. The fraction of sp³-hybridized carbons (Fsp3) is 0.286. The molecular weight excluding hydrogens is 501 g/mol. The molecule has 0 unspecified atom stereocenters. The SMILES string of the molecule is CC[C@H]1C[C@@H](Oc2ccc(C(F)(F)F)cc2Cl)c2ccc(S(=O)(=O)Nc3nccs3)cc2O1. The predicted molar refractivity (Wildman–Crippen MR) is 119 cm³/mol. The van der Waals surface area contributed by atoms with Crippen LogP contribution in [0.2, 0.25) is 5.02 Å². The number of nitrogens with zero attached hydrogens (tertiary/aromatic N) is 1. The standard InChI is InChI=1S/C21H18ClF3N2O4S2/c1-2-13-10-18(31-17-6-3-12(9-16(17)22)21(23,24)25)15-5-4-14(11-19(15)30-13)33(28,29)27-20-26-7-8-32-20/h3-9,11,13,18H,2,10H2,1H3,(H,26,27)/t13-,18+/m0/s1. The van der Waals surface area contributed by atoms with Crippen molar-refractivity contribution in [3.63, 3.8) is 0 Å². The molecule has 33 heavy (non-hydrogen) atoms. The van der Waals surface area contributed by atoms with Gasteiger partial charge in [0.1, 0.15) is 23.7 Å². The number of sulfonamides is 1. The van der Waals surface area contributed by atoms with Crippen molar-refractivity contribution in [2.24, 2.45) is 0 Å². The van der Waals surface area contributed by atoms with Crippen molar-refractivity contribution in [1.29, 1.82) is 0 Å². The van der Waals surface area contributed by atoms with Crippen molar-refractivity contribution in [2.75, 3.05) is 4.72 Å². The number of alkyl halides is 3. The first kappa shape index (κ1) is 23.7. The number of hydrogen-bond donors (Lipinski definition) is 1. The third-order valence-electron chi connectivity index (χ3n) is 5.05. The van der Waals surface area contributed by atoms with Crippen LogP contribution in [0.1, 0.15) is 37.0 Å². The van der Waals surface area contributed by atoms with E-state index in [1.165, 1.54) is 24.4 Å². The number of benzene rings is 2. The molecule has 6 nitrogen and oxygen atoms in total. The van der Waals surface area contributed by atoms with Crippen LogP contribution >= 0.6 is 22.9 Å². The molecule has 1 aliphatic rings. The van der Waals surface area contributed by atoms with E-state index >= 15 is 0 Å². The molecule has 176 valence electrons. The third-order valence-corrected chi connectivity index (χ3v) is 7.50. The van der Waals surface area contributed by atoms with Crippen LogP contribution in [0.4, 0.5) is 18.3 Å². The molecule has 2 heterocycles. The monoisotopic (exact) mass is 518 g/mol. The highest BCUT2D eigenvalue weighted by atomic mass is 35.5. The Morgan fingerprint density at radius 2 is 2.06 bits per heavy atom. The lowest BCUT2D eigenvalue weighted by atomic mass is 9.97. The Bertz CT molecular complexity index is 1250. The second kappa shape index (κ2) is 9.03. The highest BCUT2D eigenvalue weighted by Crippen LogP contribution is 2.42. The number of fused-ring (bicyclic) bond motifs is 1. The van der Waals surface area contributed by atoms with Gasteiger partial charge in [-0.2, -0.15) is 13.2 Å². The molecular formula is C21H18ClF3N2O4S2. The van der Waals surface area contributed by atoms with Gasteiger partial charge < -0.3 is 9.47 Å². The summed E-state index contributed by atoms with van der Waals surface area (Å²) in [7, 11) is -3.89. The first-order valence-electron chi connectivity index (χ1n) is 9.83. The zero-order valence-corrected chi connectivity index (χ0v) is 19.5. The molecule has 0 fully saturated rings. The van der Waals surface area contributed by atoms with Crippen molar-refractivity contribution in [2.45, 2.75) is 43.0 Å². The zero-order chi connectivity index (χ0) is 23.8. The molecule has 1 aliphatic heterocycles. The van der Waals surface area contributed by atoms with E-state index in [2.05, 4.69) is 9.71 Å². The Kier molecular flexibility index (Phi) is 6.47. The minimum absolute atomic E-state index is 0.0143. The summed E-state index contributed by atoms with van der Waals surface area (Å²) in [5, 5.41) is 1.71. The summed E-state index contributed by atoms with van der Waals surface area (Å²) in [6, 6.07) is 7.28. The van der Waals surface area contributed by atoms with Gasteiger partial charge in [0.15, 0.2) is 5.13 Å². The molecule has 0 saturated carbocycles. The predicted octanol–water partition coefficient (Wildman–Crippen LogP) is 6.30. The van der Waals surface area contributed by atoms with Gasteiger partial charge in [-0.15, -0.1) is 11.3 Å². The van der Waals surface area contributed by atoms with Crippen LogP contribution in [0.5, 0.6) is 11.5 Å². The average molecular weight is 519 g/mol. The zero-order valence-electron chi connectivity index (χ0n) is 17.1. The fourth-order valence-corrected chi connectivity index (χ4v) is 5.41. The molecule has 0 spiro atoms. The highest BCUT2D eigenvalue weighted by molar-refractivity contribution is 7.93. The maximum atomic E-state index is 12.9. The van der Waals surface area contributed by atoms with E-state index in [0.29, 0.717) is 24.2 Å². The van der Waals surface area contributed by atoms with E-state index in [-0.39, 0.29) is 26.9 Å². The summed E-state index contributed by atoms with van der Waals surface area (Å²) < 4.78 is 78.6. The number of halogens is 4. The van der Waals surface area contributed by atoms with Crippen molar-refractivity contribution in [1.82, 2.24) is 4.98 Å². The normalized spacial score (nSPS) is 18.3. The van der Waals surface area contributed by atoms with Crippen LogP contribution in [-0.4, -0.2) is 19.5 Å². The maximum absolute atomic E-state index is 12.9. The molecule has 0 amide bonds. The first-order chi connectivity index (χ1) is 15.6. The molecule has 12 heteroatoms. The van der Waals surface area contributed by atoms with Gasteiger partial charge in [0, 0.05) is 29.6 Å². The third kappa shape index (κ3) is 5.20. The molecule has 4 rings (SSSR count). The summed E-state index contributed by atoms with van der Waals surface area (Å²) in [6.07, 6.45) is -2.86. The smallest absolute Gasteiger partial charge is 0.416 e. The Hall–Kier alpha value is -2.50. The largest absolute Gasteiger partial charge is 0.490 e. The van der Waals surface area contributed by atoms with Crippen LogP contribution < -0.4 is 14.2 Å². The van der Waals surface area contributed by atoms with Crippen molar-refractivity contribution in [3.05, 3.63) is 64.1 Å². The van der Waals surface area contributed by atoms with Gasteiger partial charge in [-0.05, 0) is 30.7 Å². The Labute approximate surface area is 197 Å². The first-order valence-corrected chi connectivity index (χ1v) is 12.6. The van der Waals surface area contributed by atoms with Crippen LogP contribution in [0.3, 0.4) is 0 Å². The lowest BCUT2D eigenvalue weighted by Gasteiger charge is -2.32. The number of rotatable bonds is 6. The number of hydrogen-bond acceptors (Lipinski definition) is 6. The van der Waals surface area contributed by atoms with Gasteiger partial charge in [0.2, 0.25) is 0 Å². The van der Waals surface area contributed by atoms with Gasteiger partial charge in [-0.1, -0.05) is 24.6 Å². The second-order valence-corrected chi connectivity index (χ2v) is 10.3. The Morgan fingerprint density at radius 3 is 2.70 bits per heavy atom. The summed E-state index contributed by atoms with van der Waals surface area (Å²) in [6.45, 7) is 1.91. The van der Waals surface area contributed by atoms with Gasteiger partial charge in [-0.3, -0.25) is 4.72 Å². The molecule has 3 aromatic rings. The van der Waals surface area contributed by atoms with Crippen LogP contribution in [-0.2, 0) is 16.2 Å². The lowest BCUT2D eigenvalue weighted by molar-refractivity contribution is -0.137. The number of nitrogens with one attached hydrogen (secondary N) is 1. The van der Waals surface area contributed by atoms with Crippen LogP contribution in [0.25, 0.3) is 0 Å². The molecule has 2 aromatic carbocycles. The van der Waals surface area contributed by atoms with Crippen molar-refractivity contribution >= 4 is 38.1 Å². The molecule has 0 saturated heterocycles. The average Bonchev–Trinajstić information content (AvgIpc) is 3.26. The topological polar surface area (TPSA) is 77.5 Å². The molecule has 0 aliphatic carbocycles. The highest BCUT2D eigenvalue weighted by Gasteiger charge is 2.33.